The molecule has 1 unspecified atom stereocenters. The number of carbonyl (C=O) groups excluding carboxylic acids is 1. The van der Waals surface area contributed by atoms with Crippen LogP contribution in [0, 0.1) is 0 Å². The number of carbonyl (C=O) groups is 1. The number of amides is 1. The molecule has 1 fully saturated rings. The molecule has 5 heteroatoms. The quantitative estimate of drug-likeness (QED) is 0.670. The van der Waals surface area contributed by atoms with Crippen LogP contribution < -0.4 is 5.32 Å². The van der Waals surface area contributed by atoms with Crippen LogP contribution >= 0.6 is 23.4 Å². The molecule has 1 N–H and O–H groups in total. The van der Waals surface area contributed by atoms with Crippen LogP contribution in [0.3, 0.4) is 0 Å². The van der Waals surface area contributed by atoms with Crippen molar-refractivity contribution >= 4 is 29.3 Å². The summed E-state index contributed by atoms with van der Waals surface area (Å²) in [6.45, 7) is 4.71. The molecule has 1 aliphatic heterocycles. The van der Waals surface area contributed by atoms with Crippen molar-refractivity contribution in [3.8, 4) is 0 Å². The monoisotopic (exact) mass is 312 g/mol. The lowest BCUT2D eigenvalue weighted by Gasteiger charge is -2.32. The van der Waals surface area contributed by atoms with Gasteiger partial charge in [0.15, 0.2) is 0 Å². The zero-order valence-corrected chi connectivity index (χ0v) is 13.3. The Kier molecular flexibility index (Phi) is 6.20. The minimum atomic E-state index is 0.287. The first kappa shape index (κ1) is 15.7. The molecule has 0 aliphatic carbocycles. The lowest BCUT2D eigenvalue weighted by atomic mass is 10.2. The van der Waals surface area contributed by atoms with E-state index in [1.807, 2.05) is 29.2 Å². The average molecular weight is 313 g/mol. The van der Waals surface area contributed by atoms with E-state index in [9.17, 15) is 4.79 Å². The van der Waals surface area contributed by atoms with Crippen molar-refractivity contribution in [3.05, 3.63) is 29.3 Å². The van der Waals surface area contributed by atoms with E-state index in [1.54, 1.807) is 11.8 Å². The van der Waals surface area contributed by atoms with Crippen LogP contribution in [0.1, 0.15) is 19.8 Å². The van der Waals surface area contributed by atoms with E-state index in [2.05, 4.69) is 12.2 Å². The molecule has 0 spiro atoms. The first-order valence-electron chi connectivity index (χ1n) is 7.04. The third-order valence-corrected chi connectivity index (χ3v) is 4.69. The highest BCUT2D eigenvalue weighted by atomic mass is 35.5. The Morgan fingerprint density at radius 2 is 2.20 bits per heavy atom. The second-order valence-electron chi connectivity index (χ2n) is 5.10. The summed E-state index contributed by atoms with van der Waals surface area (Å²) in [5.74, 6) is 1.25. The standard InChI is InChI=1S/C15H21ClN2OS/c1-12-11-18(9-8-17-12)15(19)3-2-10-20-14-6-4-13(16)5-7-14/h4-7,12,17H,2-3,8-11H2,1H3. The van der Waals surface area contributed by atoms with Crippen LogP contribution in [0.2, 0.25) is 5.02 Å². The number of benzene rings is 1. The molecule has 2 rings (SSSR count). The summed E-state index contributed by atoms with van der Waals surface area (Å²) in [5.41, 5.74) is 0. The molecule has 1 heterocycles. The predicted octanol–water partition coefficient (Wildman–Crippen LogP) is 3.03. The fourth-order valence-corrected chi connectivity index (χ4v) is 3.24. The van der Waals surface area contributed by atoms with Gasteiger partial charge in [0.05, 0.1) is 0 Å². The summed E-state index contributed by atoms with van der Waals surface area (Å²) in [7, 11) is 0. The van der Waals surface area contributed by atoms with Crippen molar-refractivity contribution in [2.24, 2.45) is 0 Å². The third-order valence-electron chi connectivity index (χ3n) is 3.34. The molecule has 1 aromatic carbocycles. The highest BCUT2D eigenvalue weighted by molar-refractivity contribution is 7.99. The maximum absolute atomic E-state index is 12.1. The lowest BCUT2D eigenvalue weighted by molar-refractivity contribution is -0.132. The topological polar surface area (TPSA) is 32.3 Å². The van der Waals surface area contributed by atoms with Gasteiger partial charge in [-0.05, 0) is 43.4 Å². The van der Waals surface area contributed by atoms with Crippen molar-refractivity contribution < 1.29 is 4.79 Å². The largest absolute Gasteiger partial charge is 0.340 e. The Bertz CT molecular complexity index is 438. The summed E-state index contributed by atoms with van der Waals surface area (Å²) in [6, 6.07) is 8.25. The smallest absolute Gasteiger partial charge is 0.222 e. The van der Waals surface area contributed by atoms with Gasteiger partial charge in [-0.25, -0.2) is 0 Å². The first-order valence-corrected chi connectivity index (χ1v) is 8.41. The van der Waals surface area contributed by atoms with E-state index in [4.69, 9.17) is 11.6 Å². The maximum atomic E-state index is 12.1. The summed E-state index contributed by atoms with van der Waals surface area (Å²) in [6.07, 6.45) is 1.57. The normalized spacial score (nSPS) is 19.1. The van der Waals surface area contributed by atoms with Crippen molar-refractivity contribution in [1.82, 2.24) is 10.2 Å². The lowest BCUT2D eigenvalue weighted by Crippen LogP contribution is -2.51. The van der Waals surface area contributed by atoms with E-state index in [1.165, 1.54) is 4.90 Å². The molecule has 0 saturated carbocycles. The Hall–Kier alpha value is -0.710. The minimum Gasteiger partial charge on any atom is -0.340 e. The Labute approximate surface area is 130 Å². The molecule has 1 saturated heterocycles. The van der Waals surface area contributed by atoms with Crippen molar-refractivity contribution in [3.63, 3.8) is 0 Å². The number of thioether (sulfide) groups is 1. The molecular weight excluding hydrogens is 292 g/mol. The summed E-state index contributed by atoms with van der Waals surface area (Å²) in [4.78, 5) is 15.3. The number of halogens is 1. The molecule has 20 heavy (non-hydrogen) atoms. The maximum Gasteiger partial charge on any atom is 0.222 e. The van der Waals surface area contributed by atoms with Gasteiger partial charge in [-0.3, -0.25) is 4.79 Å². The van der Waals surface area contributed by atoms with Crippen molar-refractivity contribution in [2.45, 2.75) is 30.7 Å². The Balaban J connectivity index is 1.65. The fourth-order valence-electron chi connectivity index (χ4n) is 2.26. The van der Waals surface area contributed by atoms with Gasteiger partial charge in [0.1, 0.15) is 0 Å². The van der Waals surface area contributed by atoms with Crippen molar-refractivity contribution in [1.29, 1.82) is 0 Å². The van der Waals surface area contributed by atoms with E-state index in [0.29, 0.717) is 12.5 Å². The summed E-state index contributed by atoms with van der Waals surface area (Å²) >= 11 is 7.62. The molecule has 110 valence electrons. The molecule has 0 bridgehead atoms. The Morgan fingerprint density at radius 3 is 2.90 bits per heavy atom. The van der Waals surface area contributed by atoms with Crippen LogP contribution in [-0.4, -0.2) is 42.2 Å². The van der Waals surface area contributed by atoms with Crippen LogP contribution in [0.4, 0.5) is 0 Å². The van der Waals surface area contributed by atoms with Gasteiger partial charge in [-0.15, -0.1) is 11.8 Å². The number of nitrogens with one attached hydrogen (secondary N) is 1. The van der Waals surface area contributed by atoms with E-state index >= 15 is 0 Å². The second-order valence-corrected chi connectivity index (χ2v) is 6.71. The molecule has 3 nitrogen and oxygen atoms in total. The average Bonchev–Trinajstić information content (AvgIpc) is 2.45. The first-order chi connectivity index (χ1) is 9.65. The molecule has 0 radical (unpaired) electrons. The SMILES string of the molecule is CC1CN(C(=O)CCCSc2ccc(Cl)cc2)CCN1. The highest BCUT2D eigenvalue weighted by Crippen LogP contribution is 2.21. The molecule has 1 aliphatic rings. The van der Waals surface area contributed by atoms with Gasteiger partial charge >= 0.3 is 0 Å². The van der Waals surface area contributed by atoms with Gasteiger partial charge in [0, 0.05) is 42.0 Å². The van der Waals surface area contributed by atoms with Gasteiger partial charge in [-0.1, -0.05) is 11.6 Å². The number of piperazine rings is 1. The highest BCUT2D eigenvalue weighted by Gasteiger charge is 2.19. The van der Waals surface area contributed by atoms with Gasteiger partial charge in [-0.2, -0.15) is 0 Å². The fraction of sp³-hybridized carbons (Fsp3) is 0.533. The molecule has 1 aromatic rings. The third kappa shape index (κ3) is 5.00. The van der Waals surface area contributed by atoms with E-state index in [0.717, 1.165) is 36.8 Å². The number of hydrogen-bond acceptors (Lipinski definition) is 3. The molecule has 0 aromatic heterocycles. The van der Waals surface area contributed by atoms with Crippen molar-refractivity contribution in [2.75, 3.05) is 25.4 Å². The zero-order valence-electron chi connectivity index (χ0n) is 11.8. The number of nitrogens with zero attached hydrogens (tertiary/aromatic N) is 1. The van der Waals surface area contributed by atoms with Crippen LogP contribution in [0.25, 0.3) is 0 Å². The van der Waals surface area contributed by atoms with E-state index < -0.39 is 0 Å². The van der Waals surface area contributed by atoms with Crippen LogP contribution in [0.15, 0.2) is 29.2 Å². The molecular formula is C15H21ClN2OS. The van der Waals surface area contributed by atoms with E-state index in [-0.39, 0.29) is 5.91 Å². The van der Waals surface area contributed by atoms with Gasteiger partial charge in [0.2, 0.25) is 5.91 Å². The molecule has 1 atom stereocenters. The number of hydrogen-bond donors (Lipinski definition) is 1. The molecule has 1 amide bonds. The summed E-state index contributed by atoms with van der Waals surface area (Å²) in [5, 5.41) is 4.11. The van der Waals surface area contributed by atoms with Crippen LogP contribution in [-0.2, 0) is 4.79 Å². The Morgan fingerprint density at radius 1 is 1.45 bits per heavy atom. The zero-order chi connectivity index (χ0) is 14.4. The minimum absolute atomic E-state index is 0.287. The van der Waals surface area contributed by atoms with Gasteiger partial charge < -0.3 is 10.2 Å². The summed E-state index contributed by atoms with van der Waals surface area (Å²) < 4.78 is 0. The number of rotatable bonds is 5. The second kappa shape index (κ2) is 7.91. The predicted molar refractivity (Wildman–Crippen MR) is 85.5 cm³/mol. The van der Waals surface area contributed by atoms with Gasteiger partial charge in [0.25, 0.3) is 0 Å². The van der Waals surface area contributed by atoms with Crippen LogP contribution in [0.5, 0.6) is 0 Å².